The highest BCUT2D eigenvalue weighted by Crippen LogP contribution is 2.46. The Balaban J connectivity index is 3.11. The Kier molecular flexibility index (Phi) is 10.3. The van der Waals surface area contributed by atoms with Crippen LogP contribution in [0.25, 0.3) is 0 Å². The number of sulfonamides is 1. The molecule has 33 heavy (non-hydrogen) atoms. The van der Waals surface area contributed by atoms with Gasteiger partial charge >= 0.3 is 12.2 Å². The van der Waals surface area contributed by atoms with Gasteiger partial charge in [-0.2, -0.15) is 0 Å². The van der Waals surface area contributed by atoms with Crippen LogP contribution < -0.4 is 10.0 Å². The van der Waals surface area contributed by atoms with Crippen LogP contribution in [0, 0.1) is 5.92 Å². The van der Waals surface area contributed by atoms with Gasteiger partial charge in [0, 0.05) is 12.1 Å². The molecule has 1 rings (SSSR count). The maximum Gasteiger partial charge on any atom is 0.418 e. The van der Waals surface area contributed by atoms with Crippen LogP contribution in [-0.4, -0.2) is 57.5 Å². The predicted octanol–water partition coefficient (Wildman–Crippen LogP) is 4.84. The second-order valence-electron chi connectivity index (χ2n) is 11.1. The van der Waals surface area contributed by atoms with Crippen LogP contribution in [0.3, 0.4) is 0 Å². The number of carbonyl (C=O) groups is 2. The number of hydrogen-bond acceptors (Lipinski definition) is 6. The van der Waals surface area contributed by atoms with Crippen molar-refractivity contribution in [3.63, 3.8) is 0 Å². The molecule has 0 aromatic carbocycles. The molecule has 1 aliphatic rings. The Labute approximate surface area is 200 Å². The third kappa shape index (κ3) is 8.75. The summed E-state index contributed by atoms with van der Waals surface area (Å²) >= 11 is 0. The number of alkyl carbamates (subject to hydrolysis) is 1. The van der Waals surface area contributed by atoms with Crippen molar-refractivity contribution in [2.75, 3.05) is 5.75 Å². The van der Waals surface area contributed by atoms with E-state index in [-0.39, 0.29) is 30.2 Å². The van der Waals surface area contributed by atoms with Gasteiger partial charge in [0.15, 0.2) is 0 Å². The van der Waals surface area contributed by atoms with E-state index in [9.17, 15) is 18.0 Å². The summed E-state index contributed by atoms with van der Waals surface area (Å²) in [5.74, 6) is -0.443. The molecule has 0 aliphatic heterocycles. The highest BCUT2D eigenvalue weighted by Gasteiger charge is 2.49. The number of amides is 2. The third-order valence-corrected chi connectivity index (χ3v) is 13.8. The van der Waals surface area contributed by atoms with Crippen LogP contribution >= 0.6 is 0 Å². The Morgan fingerprint density at radius 1 is 1.03 bits per heavy atom. The standard InChI is InChI=1S/C22H44N2O7SSi/c1-14(2)33(15(3)4,16(5)6)31-19-13-18(23-21(27)30-22(7,8)9)12-17(19)10-11-32(28,29)24-20(25)26/h14-19,24H,10-13H2,1-9H3,(H,23,27)(H,25,26)/t17-,18+,19+/m0/s1. The third-order valence-electron chi connectivity index (χ3n) is 6.41. The van der Waals surface area contributed by atoms with Gasteiger partial charge in [0.05, 0.1) is 5.75 Å². The molecule has 1 aliphatic carbocycles. The van der Waals surface area contributed by atoms with E-state index >= 15 is 0 Å². The molecule has 0 aromatic rings. The largest absolute Gasteiger partial charge is 0.464 e. The molecule has 3 atom stereocenters. The Hall–Kier alpha value is -1.33. The maximum atomic E-state index is 12.3. The topological polar surface area (TPSA) is 131 Å². The van der Waals surface area contributed by atoms with E-state index in [0.717, 1.165) is 0 Å². The number of hydrogen-bond donors (Lipinski definition) is 3. The normalized spacial score (nSPS) is 22.1. The number of ether oxygens (including phenoxy) is 1. The zero-order valence-electron chi connectivity index (χ0n) is 21.6. The first-order valence-electron chi connectivity index (χ1n) is 11.8. The van der Waals surface area contributed by atoms with Gasteiger partial charge in [-0.1, -0.05) is 41.5 Å². The summed E-state index contributed by atoms with van der Waals surface area (Å²) in [6.07, 6.45) is -0.957. The maximum absolute atomic E-state index is 12.3. The first kappa shape index (κ1) is 29.7. The lowest BCUT2D eigenvalue weighted by molar-refractivity contribution is 0.0502. The van der Waals surface area contributed by atoms with Crippen LogP contribution in [0.5, 0.6) is 0 Å². The summed E-state index contributed by atoms with van der Waals surface area (Å²) < 4.78 is 38.2. The monoisotopic (exact) mass is 508 g/mol. The lowest BCUT2D eigenvalue weighted by Gasteiger charge is -2.45. The Morgan fingerprint density at radius 2 is 1.55 bits per heavy atom. The molecule has 0 saturated heterocycles. The average Bonchev–Trinajstić information content (AvgIpc) is 2.95. The second kappa shape index (κ2) is 11.4. The summed E-state index contributed by atoms with van der Waals surface area (Å²) in [7, 11) is -6.20. The highest BCUT2D eigenvalue weighted by molar-refractivity contribution is 7.90. The lowest BCUT2D eigenvalue weighted by Crippen LogP contribution is -2.51. The minimum atomic E-state index is -3.95. The van der Waals surface area contributed by atoms with Gasteiger partial charge in [-0.05, 0) is 62.6 Å². The van der Waals surface area contributed by atoms with Crippen molar-refractivity contribution < 1.29 is 32.3 Å². The second-order valence-corrected chi connectivity index (χ2v) is 18.3. The van der Waals surface area contributed by atoms with Crippen molar-refractivity contribution in [2.45, 2.75) is 116 Å². The molecule has 194 valence electrons. The van der Waals surface area contributed by atoms with Gasteiger partial charge in [-0.25, -0.2) is 22.7 Å². The molecule has 0 bridgehead atoms. The lowest BCUT2D eigenvalue weighted by atomic mass is 10.0. The summed E-state index contributed by atoms with van der Waals surface area (Å²) in [6, 6.07) is -0.205. The predicted molar refractivity (Wildman–Crippen MR) is 131 cm³/mol. The molecule has 11 heteroatoms. The van der Waals surface area contributed by atoms with E-state index in [1.54, 1.807) is 25.5 Å². The van der Waals surface area contributed by atoms with Crippen LogP contribution in [0.1, 0.15) is 81.6 Å². The van der Waals surface area contributed by atoms with Crippen molar-refractivity contribution in [1.29, 1.82) is 0 Å². The fourth-order valence-electron chi connectivity index (χ4n) is 5.29. The Bertz CT molecular complexity index is 756. The first-order valence-corrected chi connectivity index (χ1v) is 15.6. The molecule has 2 amide bonds. The number of rotatable bonds is 10. The van der Waals surface area contributed by atoms with Crippen LogP contribution in [0.4, 0.5) is 9.59 Å². The molecule has 0 unspecified atom stereocenters. The smallest absolute Gasteiger partial charge is 0.418 e. The molecule has 0 spiro atoms. The molecular weight excluding hydrogens is 464 g/mol. The zero-order chi connectivity index (χ0) is 25.8. The van der Waals surface area contributed by atoms with Crippen molar-refractivity contribution in [3.05, 3.63) is 0 Å². The average molecular weight is 509 g/mol. The van der Waals surface area contributed by atoms with Gasteiger partial charge in [0.25, 0.3) is 0 Å². The van der Waals surface area contributed by atoms with E-state index in [2.05, 4.69) is 46.9 Å². The van der Waals surface area contributed by atoms with E-state index in [1.165, 1.54) is 0 Å². The van der Waals surface area contributed by atoms with E-state index in [4.69, 9.17) is 14.3 Å². The fourth-order valence-corrected chi connectivity index (χ4v) is 11.9. The summed E-state index contributed by atoms with van der Waals surface area (Å²) in [5.41, 5.74) is 0.444. The first-order chi connectivity index (χ1) is 14.9. The molecule has 0 heterocycles. The number of nitrogens with one attached hydrogen (secondary N) is 2. The van der Waals surface area contributed by atoms with Crippen molar-refractivity contribution in [1.82, 2.24) is 10.0 Å². The molecule has 0 aromatic heterocycles. The highest BCUT2D eigenvalue weighted by atomic mass is 32.2. The molecule has 0 radical (unpaired) electrons. The van der Waals surface area contributed by atoms with Gasteiger partial charge in [-0.15, -0.1) is 0 Å². The number of carbonyl (C=O) groups excluding carboxylic acids is 1. The minimum absolute atomic E-state index is 0.126. The van der Waals surface area contributed by atoms with E-state index in [0.29, 0.717) is 29.5 Å². The van der Waals surface area contributed by atoms with Gasteiger partial charge in [0.1, 0.15) is 5.60 Å². The van der Waals surface area contributed by atoms with Crippen LogP contribution in [0.15, 0.2) is 0 Å². The van der Waals surface area contributed by atoms with Crippen molar-refractivity contribution in [3.8, 4) is 0 Å². The van der Waals surface area contributed by atoms with Crippen molar-refractivity contribution >= 4 is 30.5 Å². The molecule has 3 N–H and O–H groups in total. The van der Waals surface area contributed by atoms with Crippen molar-refractivity contribution in [2.24, 2.45) is 5.92 Å². The summed E-state index contributed by atoms with van der Waals surface area (Å²) in [4.78, 5) is 23.1. The minimum Gasteiger partial charge on any atom is -0.464 e. The SMILES string of the molecule is CC(C)[Si](O[C@@H]1C[C@H](NC(=O)OC(C)(C)C)C[C@@H]1CCS(=O)(=O)NC(=O)O)(C(C)C)C(C)C. The molecular formula is C22H44N2O7SSi. The molecule has 1 saturated carbocycles. The van der Waals surface area contributed by atoms with Crippen LogP contribution in [-0.2, 0) is 19.2 Å². The van der Waals surface area contributed by atoms with E-state index < -0.39 is 36.1 Å². The van der Waals surface area contributed by atoms with Gasteiger partial charge in [-0.3, -0.25) is 0 Å². The van der Waals surface area contributed by atoms with Crippen LogP contribution in [0.2, 0.25) is 16.6 Å². The van der Waals surface area contributed by atoms with E-state index in [1.807, 2.05) is 0 Å². The summed E-state index contributed by atoms with van der Waals surface area (Å²) in [5, 5.41) is 11.7. The molecule has 9 nitrogen and oxygen atoms in total. The fraction of sp³-hybridized carbons (Fsp3) is 0.909. The van der Waals surface area contributed by atoms with Gasteiger partial charge < -0.3 is 19.6 Å². The number of carboxylic acid groups (broad SMARTS) is 1. The zero-order valence-corrected chi connectivity index (χ0v) is 23.4. The summed E-state index contributed by atoms with van der Waals surface area (Å²) in [6.45, 7) is 18.5. The Morgan fingerprint density at radius 3 is 1.97 bits per heavy atom. The van der Waals surface area contributed by atoms with Gasteiger partial charge in [0.2, 0.25) is 18.3 Å². The quantitative estimate of drug-likeness (QED) is 0.360. The molecule has 1 fully saturated rings.